The van der Waals surface area contributed by atoms with Gasteiger partial charge >= 0.3 is 0 Å². The fourth-order valence-electron chi connectivity index (χ4n) is 1.01. The molecule has 0 N–H and O–H groups in total. The van der Waals surface area contributed by atoms with Gasteiger partial charge in [-0.05, 0) is 12.2 Å². The number of alkyl halides is 1. The Morgan fingerprint density at radius 2 is 2.36 bits per heavy atom. The number of methoxy groups -OCH3 is 1. The number of rotatable bonds is 1. The Morgan fingerprint density at radius 1 is 1.73 bits per heavy atom. The molecule has 0 amide bonds. The van der Waals surface area contributed by atoms with E-state index in [0.717, 1.165) is 0 Å². The third kappa shape index (κ3) is 1.59. The van der Waals surface area contributed by atoms with Crippen molar-refractivity contribution in [1.29, 1.82) is 0 Å². The van der Waals surface area contributed by atoms with Gasteiger partial charge in [-0.25, -0.2) is 4.39 Å². The lowest BCUT2D eigenvalue weighted by Crippen LogP contribution is -2.26. The van der Waals surface area contributed by atoms with E-state index in [2.05, 4.69) is 12.6 Å². The van der Waals surface area contributed by atoms with Crippen LogP contribution < -0.4 is 0 Å². The molecular weight excluding hydrogens is 163 g/mol. The molecule has 0 radical (unpaired) electrons. The van der Waals surface area contributed by atoms with Crippen molar-refractivity contribution in [3.05, 3.63) is 24.0 Å². The molecule has 1 nitrogen and oxygen atoms in total. The summed E-state index contributed by atoms with van der Waals surface area (Å²) in [6.45, 7) is 1.74. The molecule has 1 rings (SSSR count). The lowest BCUT2D eigenvalue weighted by molar-refractivity contribution is 0.182. The second kappa shape index (κ2) is 2.89. The Labute approximate surface area is 71.3 Å². The second-order valence-electron chi connectivity index (χ2n) is 2.58. The zero-order chi connectivity index (χ0) is 8.48. The molecule has 0 fully saturated rings. The Bertz CT molecular complexity index is 208. The highest BCUT2D eigenvalue weighted by Crippen LogP contribution is 2.36. The molecule has 11 heavy (non-hydrogen) atoms. The third-order valence-corrected chi connectivity index (χ3v) is 2.40. The van der Waals surface area contributed by atoms with E-state index in [0.29, 0.717) is 5.76 Å². The standard InChI is InChI=1S/C8H11FOS/c1-6-7(10-2)4-3-5-8(6,9)11/h3-6,11H,1-2H3. The van der Waals surface area contributed by atoms with E-state index in [-0.39, 0.29) is 5.92 Å². The highest BCUT2D eigenvalue weighted by atomic mass is 32.1. The van der Waals surface area contributed by atoms with Gasteiger partial charge in [0.2, 0.25) is 0 Å². The van der Waals surface area contributed by atoms with E-state index < -0.39 is 5.00 Å². The van der Waals surface area contributed by atoms with Gasteiger partial charge in [-0.3, -0.25) is 0 Å². The zero-order valence-electron chi connectivity index (χ0n) is 6.54. The van der Waals surface area contributed by atoms with Crippen molar-refractivity contribution in [2.24, 2.45) is 5.92 Å². The molecule has 0 bridgehead atoms. The highest BCUT2D eigenvalue weighted by Gasteiger charge is 2.34. The molecule has 62 valence electrons. The summed E-state index contributed by atoms with van der Waals surface area (Å²) in [6, 6.07) is 0. The number of ether oxygens (including phenoxy) is 1. The molecule has 0 spiro atoms. The smallest absolute Gasteiger partial charge is 0.181 e. The van der Waals surface area contributed by atoms with Gasteiger partial charge in [-0.2, -0.15) is 0 Å². The van der Waals surface area contributed by atoms with Crippen LogP contribution in [0.2, 0.25) is 0 Å². The van der Waals surface area contributed by atoms with Gasteiger partial charge in [0, 0.05) is 0 Å². The summed E-state index contributed by atoms with van der Waals surface area (Å²) in [6.07, 6.45) is 4.79. The van der Waals surface area contributed by atoms with Crippen molar-refractivity contribution in [1.82, 2.24) is 0 Å². The van der Waals surface area contributed by atoms with Crippen LogP contribution in [0.15, 0.2) is 24.0 Å². The van der Waals surface area contributed by atoms with Gasteiger partial charge in [0.25, 0.3) is 0 Å². The van der Waals surface area contributed by atoms with E-state index in [4.69, 9.17) is 4.74 Å². The van der Waals surface area contributed by atoms with Crippen LogP contribution in [0, 0.1) is 5.92 Å². The molecule has 0 saturated carbocycles. The topological polar surface area (TPSA) is 9.23 Å². The molecule has 0 aliphatic heterocycles. The summed E-state index contributed by atoms with van der Waals surface area (Å²) in [7, 11) is 1.53. The first-order valence-electron chi connectivity index (χ1n) is 3.42. The quantitative estimate of drug-likeness (QED) is 0.600. The van der Waals surface area contributed by atoms with Crippen LogP contribution >= 0.6 is 12.6 Å². The molecule has 2 unspecified atom stereocenters. The maximum Gasteiger partial charge on any atom is 0.181 e. The minimum absolute atomic E-state index is 0.319. The van der Waals surface area contributed by atoms with E-state index in [1.54, 1.807) is 19.1 Å². The first kappa shape index (κ1) is 8.65. The second-order valence-corrected chi connectivity index (χ2v) is 3.27. The molecule has 0 aromatic heterocycles. The first-order valence-corrected chi connectivity index (χ1v) is 3.87. The maximum absolute atomic E-state index is 13.4. The Kier molecular flexibility index (Phi) is 2.28. The summed E-state index contributed by atoms with van der Waals surface area (Å²) in [5.74, 6) is 0.311. The number of thiol groups is 1. The van der Waals surface area contributed by atoms with E-state index in [1.807, 2.05) is 0 Å². The number of allylic oxidation sites excluding steroid dienone is 3. The average molecular weight is 174 g/mol. The summed E-state index contributed by atoms with van der Waals surface area (Å²) < 4.78 is 18.3. The average Bonchev–Trinajstić information content (AvgIpc) is 1.95. The summed E-state index contributed by atoms with van der Waals surface area (Å²) >= 11 is 3.85. The predicted octanol–water partition coefficient (Wildman–Crippen LogP) is 2.32. The molecule has 0 heterocycles. The van der Waals surface area contributed by atoms with Crippen molar-refractivity contribution in [2.75, 3.05) is 7.11 Å². The molecule has 1 aliphatic carbocycles. The van der Waals surface area contributed by atoms with Crippen molar-refractivity contribution in [2.45, 2.75) is 11.9 Å². The molecule has 0 aromatic carbocycles. The molecule has 2 atom stereocenters. The van der Waals surface area contributed by atoms with E-state index in [1.165, 1.54) is 13.2 Å². The fourth-order valence-corrected chi connectivity index (χ4v) is 1.22. The van der Waals surface area contributed by atoms with Crippen LogP contribution in [0.25, 0.3) is 0 Å². The minimum Gasteiger partial charge on any atom is -0.501 e. The van der Waals surface area contributed by atoms with Crippen molar-refractivity contribution in [3.63, 3.8) is 0 Å². The van der Waals surface area contributed by atoms with Crippen LogP contribution in [0.5, 0.6) is 0 Å². The van der Waals surface area contributed by atoms with E-state index >= 15 is 0 Å². The Morgan fingerprint density at radius 3 is 2.82 bits per heavy atom. The highest BCUT2D eigenvalue weighted by molar-refractivity contribution is 7.81. The first-order chi connectivity index (χ1) is 5.08. The lowest BCUT2D eigenvalue weighted by atomic mass is 9.98. The zero-order valence-corrected chi connectivity index (χ0v) is 7.44. The number of hydrogen-bond acceptors (Lipinski definition) is 2. The SMILES string of the molecule is COC1=CC=CC(F)(S)C1C. The molecule has 0 saturated heterocycles. The molecular formula is C8H11FOS. The molecule has 0 aromatic rings. The van der Waals surface area contributed by atoms with Gasteiger partial charge in [0.15, 0.2) is 5.00 Å². The summed E-state index contributed by atoms with van der Waals surface area (Å²) in [5, 5.41) is -1.57. The van der Waals surface area contributed by atoms with Gasteiger partial charge in [-0.1, -0.05) is 13.0 Å². The van der Waals surface area contributed by atoms with Crippen molar-refractivity contribution in [3.8, 4) is 0 Å². The van der Waals surface area contributed by atoms with Crippen LogP contribution in [-0.4, -0.2) is 12.1 Å². The molecule has 3 heteroatoms. The van der Waals surface area contributed by atoms with Crippen molar-refractivity contribution < 1.29 is 9.13 Å². The van der Waals surface area contributed by atoms with Gasteiger partial charge in [-0.15, -0.1) is 12.6 Å². The summed E-state index contributed by atoms with van der Waals surface area (Å²) in [4.78, 5) is 0. The van der Waals surface area contributed by atoms with E-state index in [9.17, 15) is 4.39 Å². The van der Waals surface area contributed by atoms with Gasteiger partial charge < -0.3 is 4.74 Å². The number of halogens is 1. The monoisotopic (exact) mass is 174 g/mol. The predicted molar refractivity (Wildman–Crippen MR) is 46.2 cm³/mol. The third-order valence-electron chi connectivity index (χ3n) is 1.86. The lowest BCUT2D eigenvalue weighted by Gasteiger charge is -2.27. The fraction of sp³-hybridized carbons (Fsp3) is 0.500. The normalized spacial score (nSPS) is 36.7. The van der Waals surface area contributed by atoms with Crippen LogP contribution in [0.3, 0.4) is 0 Å². The van der Waals surface area contributed by atoms with Crippen molar-refractivity contribution >= 4 is 12.6 Å². The van der Waals surface area contributed by atoms with Crippen LogP contribution in [-0.2, 0) is 4.74 Å². The largest absolute Gasteiger partial charge is 0.501 e. The van der Waals surface area contributed by atoms with Gasteiger partial charge in [0.05, 0.1) is 13.0 Å². The van der Waals surface area contributed by atoms with Crippen LogP contribution in [0.4, 0.5) is 4.39 Å². The Balaban J connectivity index is 2.86. The summed E-state index contributed by atoms with van der Waals surface area (Å²) in [5.41, 5.74) is 0. The number of hydrogen-bond donors (Lipinski definition) is 1. The maximum atomic E-state index is 13.4. The van der Waals surface area contributed by atoms with Gasteiger partial charge in [0.1, 0.15) is 5.76 Å². The minimum atomic E-state index is -1.57. The van der Waals surface area contributed by atoms with Crippen LogP contribution in [0.1, 0.15) is 6.92 Å². The molecule has 1 aliphatic rings. The Hall–Kier alpha value is -0.440.